The summed E-state index contributed by atoms with van der Waals surface area (Å²) in [6.07, 6.45) is -2.11. The lowest BCUT2D eigenvalue weighted by Crippen LogP contribution is -2.44. The topological polar surface area (TPSA) is 84.2 Å². The Bertz CT molecular complexity index is 1000. The summed E-state index contributed by atoms with van der Waals surface area (Å²) < 4.78 is 40.3. The first-order valence-corrected chi connectivity index (χ1v) is 10.0. The van der Waals surface area contributed by atoms with Crippen LogP contribution in [0.5, 0.6) is 0 Å². The van der Waals surface area contributed by atoms with Crippen molar-refractivity contribution in [1.82, 2.24) is 15.1 Å². The molecule has 2 aromatic rings. The zero-order valence-electron chi connectivity index (χ0n) is 17.2. The number of aliphatic hydroxyl groups is 1. The lowest BCUT2D eigenvalue weighted by molar-refractivity contribution is -0.137. The van der Waals surface area contributed by atoms with Gasteiger partial charge in [-0.3, -0.25) is 9.59 Å². The third kappa shape index (κ3) is 4.83. The average Bonchev–Trinajstić information content (AvgIpc) is 2.64. The van der Waals surface area contributed by atoms with Crippen molar-refractivity contribution in [2.24, 2.45) is 0 Å². The van der Waals surface area contributed by atoms with Crippen molar-refractivity contribution in [3.63, 3.8) is 0 Å². The average molecular weight is 425 g/mol. The summed E-state index contributed by atoms with van der Waals surface area (Å²) in [5.41, 5.74) is -1.84. The van der Waals surface area contributed by atoms with E-state index in [1.807, 2.05) is 0 Å². The van der Waals surface area contributed by atoms with Crippen LogP contribution < -0.4 is 10.9 Å². The summed E-state index contributed by atoms with van der Waals surface area (Å²) in [6, 6.07) is 2.86. The number of amides is 1. The van der Waals surface area contributed by atoms with Gasteiger partial charge >= 0.3 is 6.18 Å². The third-order valence-corrected chi connectivity index (χ3v) is 5.58. The van der Waals surface area contributed by atoms with Gasteiger partial charge in [0.1, 0.15) is 6.54 Å². The van der Waals surface area contributed by atoms with Gasteiger partial charge in [-0.15, -0.1) is 0 Å². The maximum Gasteiger partial charge on any atom is 0.416 e. The molecule has 164 valence electrons. The molecule has 1 aromatic carbocycles. The lowest BCUT2D eigenvalue weighted by Gasteiger charge is -2.33. The van der Waals surface area contributed by atoms with Crippen LogP contribution >= 0.6 is 0 Å². The summed E-state index contributed by atoms with van der Waals surface area (Å²) in [4.78, 5) is 25.3. The number of fused-ring (bicyclic) bond motifs is 1. The van der Waals surface area contributed by atoms with Crippen LogP contribution in [0.15, 0.2) is 23.0 Å². The second kappa shape index (κ2) is 8.02. The standard InChI is InChI=1S/C21H26F3N3O3/c1-12(2)18-16-10-13(21(22,23)24)4-5-15(16)19(29)27(26-18)11-17(28)25-14-6-8-20(3,30)9-7-14/h4-5,10,12,14,30H,6-9,11H2,1-3H3,(H,25,28). The van der Waals surface area contributed by atoms with Gasteiger partial charge in [0.25, 0.3) is 5.56 Å². The van der Waals surface area contributed by atoms with Crippen LogP contribution in [-0.4, -0.2) is 32.4 Å². The van der Waals surface area contributed by atoms with E-state index in [0.717, 1.165) is 22.9 Å². The molecule has 1 amide bonds. The smallest absolute Gasteiger partial charge is 0.390 e. The van der Waals surface area contributed by atoms with E-state index in [2.05, 4.69) is 10.4 Å². The summed E-state index contributed by atoms with van der Waals surface area (Å²) in [6.45, 7) is 4.99. The molecule has 9 heteroatoms. The van der Waals surface area contributed by atoms with Crippen molar-refractivity contribution in [2.45, 2.75) is 76.7 Å². The quantitative estimate of drug-likeness (QED) is 0.787. The zero-order valence-corrected chi connectivity index (χ0v) is 17.2. The molecule has 1 fully saturated rings. The van der Waals surface area contributed by atoms with Crippen LogP contribution in [-0.2, 0) is 17.5 Å². The molecule has 2 N–H and O–H groups in total. The molecular formula is C21H26F3N3O3. The first-order valence-electron chi connectivity index (χ1n) is 10.0. The highest BCUT2D eigenvalue weighted by molar-refractivity contribution is 5.85. The van der Waals surface area contributed by atoms with E-state index in [4.69, 9.17) is 0 Å². The molecule has 6 nitrogen and oxygen atoms in total. The number of carbonyl (C=O) groups excluding carboxylic acids is 1. The van der Waals surface area contributed by atoms with E-state index in [-0.39, 0.29) is 29.3 Å². The van der Waals surface area contributed by atoms with Crippen LogP contribution in [0.1, 0.15) is 63.6 Å². The first kappa shape index (κ1) is 22.3. The summed E-state index contributed by atoms with van der Waals surface area (Å²) in [7, 11) is 0. The van der Waals surface area contributed by atoms with Crippen LogP contribution in [0.25, 0.3) is 10.8 Å². The van der Waals surface area contributed by atoms with E-state index in [1.165, 1.54) is 0 Å². The Morgan fingerprint density at radius 2 is 1.93 bits per heavy atom. The fourth-order valence-electron chi connectivity index (χ4n) is 3.81. The second-order valence-corrected chi connectivity index (χ2v) is 8.60. The highest BCUT2D eigenvalue weighted by atomic mass is 19.4. The van der Waals surface area contributed by atoms with Crippen molar-refractivity contribution in [3.05, 3.63) is 39.8 Å². The molecule has 1 aromatic heterocycles. The Morgan fingerprint density at radius 3 is 2.50 bits per heavy atom. The molecule has 3 rings (SSSR count). The number of rotatable bonds is 4. The predicted molar refractivity (Wildman–Crippen MR) is 106 cm³/mol. The Morgan fingerprint density at radius 1 is 1.30 bits per heavy atom. The number of hydrogen-bond acceptors (Lipinski definition) is 4. The fraction of sp³-hybridized carbons (Fsp3) is 0.571. The molecule has 0 bridgehead atoms. The predicted octanol–water partition coefficient (Wildman–Crippen LogP) is 3.35. The number of alkyl halides is 3. The van der Waals surface area contributed by atoms with Gasteiger partial charge in [0.15, 0.2) is 0 Å². The number of halogens is 3. The van der Waals surface area contributed by atoms with Crippen molar-refractivity contribution >= 4 is 16.7 Å². The zero-order chi connectivity index (χ0) is 22.3. The SMILES string of the molecule is CC(C)c1nn(CC(=O)NC2CCC(C)(O)CC2)c(=O)c2ccc(C(F)(F)F)cc12. The van der Waals surface area contributed by atoms with Gasteiger partial charge in [-0.2, -0.15) is 18.3 Å². The minimum Gasteiger partial charge on any atom is -0.390 e. The van der Waals surface area contributed by atoms with E-state index < -0.39 is 28.8 Å². The van der Waals surface area contributed by atoms with Crippen LogP contribution in [0, 0.1) is 0 Å². The van der Waals surface area contributed by atoms with Gasteiger partial charge in [-0.1, -0.05) is 13.8 Å². The molecule has 0 saturated heterocycles. The number of nitrogens with one attached hydrogen (secondary N) is 1. The van der Waals surface area contributed by atoms with Gasteiger partial charge < -0.3 is 10.4 Å². The molecule has 0 spiro atoms. The summed E-state index contributed by atoms with van der Waals surface area (Å²) in [5.74, 6) is -0.636. The Labute approximate surface area is 172 Å². The Balaban J connectivity index is 1.88. The number of carbonyl (C=O) groups is 1. The largest absolute Gasteiger partial charge is 0.416 e. The molecule has 1 aliphatic carbocycles. The van der Waals surface area contributed by atoms with E-state index in [0.29, 0.717) is 31.4 Å². The first-order chi connectivity index (χ1) is 13.9. The molecule has 30 heavy (non-hydrogen) atoms. The molecule has 0 radical (unpaired) electrons. The molecule has 0 atom stereocenters. The highest BCUT2D eigenvalue weighted by Crippen LogP contribution is 2.32. The van der Waals surface area contributed by atoms with E-state index >= 15 is 0 Å². The Kier molecular flexibility index (Phi) is 5.95. The van der Waals surface area contributed by atoms with Crippen molar-refractivity contribution < 1.29 is 23.1 Å². The molecule has 1 aliphatic rings. The number of aromatic nitrogens is 2. The maximum absolute atomic E-state index is 13.1. The van der Waals surface area contributed by atoms with E-state index in [9.17, 15) is 27.9 Å². The van der Waals surface area contributed by atoms with Gasteiger partial charge in [-0.05, 0) is 56.7 Å². The van der Waals surface area contributed by atoms with Gasteiger partial charge in [-0.25, -0.2) is 4.68 Å². The molecule has 1 heterocycles. The number of nitrogens with zero attached hydrogens (tertiary/aromatic N) is 2. The number of benzene rings is 1. The van der Waals surface area contributed by atoms with Gasteiger partial charge in [0.05, 0.1) is 22.2 Å². The van der Waals surface area contributed by atoms with Crippen molar-refractivity contribution in [2.75, 3.05) is 0 Å². The number of hydrogen-bond donors (Lipinski definition) is 2. The minimum absolute atomic E-state index is 0.0900. The lowest BCUT2D eigenvalue weighted by atomic mass is 9.84. The summed E-state index contributed by atoms with van der Waals surface area (Å²) >= 11 is 0. The Hall–Kier alpha value is -2.42. The second-order valence-electron chi connectivity index (χ2n) is 8.60. The summed E-state index contributed by atoms with van der Waals surface area (Å²) in [5, 5.41) is 17.3. The highest BCUT2D eigenvalue weighted by Gasteiger charge is 2.32. The molecular weight excluding hydrogens is 399 g/mol. The van der Waals surface area contributed by atoms with E-state index in [1.54, 1.807) is 20.8 Å². The van der Waals surface area contributed by atoms with Crippen LogP contribution in [0.3, 0.4) is 0 Å². The van der Waals surface area contributed by atoms with Crippen molar-refractivity contribution in [3.8, 4) is 0 Å². The molecule has 0 aliphatic heterocycles. The van der Waals surface area contributed by atoms with Crippen LogP contribution in [0.4, 0.5) is 13.2 Å². The third-order valence-electron chi connectivity index (χ3n) is 5.58. The van der Waals surface area contributed by atoms with Gasteiger partial charge in [0.2, 0.25) is 5.91 Å². The van der Waals surface area contributed by atoms with Crippen molar-refractivity contribution in [1.29, 1.82) is 0 Å². The molecule has 1 saturated carbocycles. The van der Waals surface area contributed by atoms with Crippen LogP contribution in [0.2, 0.25) is 0 Å². The monoisotopic (exact) mass is 425 g/mol. The maximum atomic E-state index is 13.1. The minimum atomic E-state index is -4.53. The normalized spacial score (nSPS) is 22.5. The molecule has 0 unspecified atom stereocenters. The fourth-order valence-corrected chi connectivity index (χ4v) is 3.81. The van der Waals surface area contributed by atoms with Gasteiger partial charge in [0, 0.05) is 11.4 Å².